The standard InChI is InChI=1S/C63H41N5/c1-5-18-42(19-6-1)45-32-34-47(35-33-45)62-64-61(46-24-11-4-12-25-46)65-63(66-62)50-38-49(44-22-9-3-10-23-44)39-51(40-50)67-56-29-15-14-27-53(56)55-28-17-31-58(60(55)67)68-57-30-16-13-26-52(57)54-37-36-48(41-59(54)68)43-20-7-2-8-21-43/h1-41H. The first kappa shape index (κ1) is 39.2. The molecule has 0 aliphatic carbocycles. The van der Waals surface area contributed by atoms with Crippen LogP contribution in [0, 0.1) is 0 Å². The largest absolute Gasteiger partial charge is 0.307 e. The van der Waals surface area contributed by atoms with Crippen molar-refractivity contribution < 1.29 is 0 Å². The molecule has 13 aromatic rings. The monoisotopic (exact) mass is 867 g/mol. The van der Waals surface area contributed by atoms with Crippen LogP contribution in [0.5, 0.6) is 0 Å². The van der Waals surface area contributed by atoms with E-state index in [-0.39, 0.29) is 0 Å². The van der Waals surface area contributed by atoms with Crippen LogP contribution in [0.15, 0.2) is 249 Å². The highest BCUT2D eigenvalue weighted by molar-refractivity contribution is 6.15. The van der Waals surface area contributed by atoms with Gasteiger partial charge >= 0.3 is 0 Å². The van der Waals surface area contributed by atoms with E-state index in [1.165, 1.54) is 32.7 Å². The van der Waals surface area contributed by atoms with Crippen molar-refractivity contribution in [2.24, 2.45) is 0 Å². The predicted octanol–water partition coefficient (Wildman–Crippen LogP) is 16.1. The lowest BCUT2D eigenvalue weighted by atomic mass is 10.0. The zero-order chi connectivity index (χ0) is 45.0. The number of aromatic nitrogens is 5. The van der Waals surface area contributed by atoms with Gasteiger partial charge in [0.15, 0.2) is 17.5 Å². The molecule has 0 unspecified atom stereocenters. The van der Waals surface area contributed by atoms with Gasteiger partial charge in [0.25, 0.3) is 0 Å². The summed E-state index contributed by atoms with van der Waals surface area (Å²) in [6.45, 7) is 0. The van der Waals surface area contributed by atoms with E-state index in [1.807, 2.05) is 24.3 Å². The van der Waals surface area contributed by atoms with Gasteiger partial charge < -0.3 is 9.13 Å². The molecule has 0 spiro atoms. The molecule has 0 fully saturated rings. The third-order valence-electron chi connectivity index (χ3n) is 13.2. The fourth-order valence-electron chi connectivity index (χ4n) is 9.95. The molecule has 0 aliphatic rings. The minimum atomic E-state index is 0.594. The maximum Gasteiger partial charge on any atom is 0.164 e. The third kappa shape index (κ3) is 6.76. The Kier molecular flexibility index (Phi) is 9.43. The van der Waals surface area contributed by atoms with Crippen molar-refractivity contribution in [1.82, 2.24) is 24.1 Å². The van der Waals surface area contributed by atoms with E-state index in [4.69, 9.17) is 15.0 Å². The zero-order valence-electron chi connectivity index (χ0n) is 36.9. The summed E-state index contributed by atoms with van der Waals surface area (Å²) in [7, 11) is 0. The molecular formula is C63H41N5. The van der Waals surface area contributed by atoms with Crippen LogP contribution < -0.4 is 0 Å². The van der Waals surface area contributed by atoms with Crippen LogP contribution in [-0.2, 0) is 0 Å². The van der Waals surface area contributed by atoms with Crippen molar-refractivity contribution in [1.29, 1.82) is 0 Å². The molecule has 0 radical (unpaired) electrons. The molecule has 0 bridgehead atoms. The number of fused-ring (bicyclic) bond motifs is 6. The van der Waals surface area contributed by atoms with Crippen molar-refractivity contribution in [2.45, 2.75) is 0 Å². The number of nitrogens with zero attached hydrogens (tertiary/aromatic N) is 5. The molecule has 0 saturated carbocycles. The highest BCUT2D eigenvalue weighted by Crippen LogP contribution is 2.42. The summed E-state index contributed by atoms with van der Waals surface area (Å²) >= 11 is 0. The minimum Gasteiger partial charge on any atom is -0.307 e. The van der Waals surface area contributed by atoms with Crippen molar-refractivity contribution in [3.63, 3.8) is 0 Å². The summed E-state index contributed by atoms with van der Waals surface area (Å²) in [5.41, 5.74) is 16.1. The summed E-state index contributed by atoms with van der Waals surface area (Å²) in [4.78, 5) is 15.7. The topological polar surface area (TPSA) is 48.5 Å². The Bertz CT molecular complexity index is 3990. The van der Waals surface area contributed by atoms with Gasteiger partial charge in [-0.2, -0.15) is 0 Å². The number of benzene rings is 10. The molecular weight excluding hydrogens is 827 g/mol. The minimum absolute atomic E-state index is 0.594. The average Bonchev–Trinajstić information content (AvgIpc) is 3.94. The lowest BCUT2D eigenvalue weighted by Crippen LogP contribution is -2.03. The maximum absolute atomic E-state index is 5.31. The Labute approximate surface area is 393 Å². The van der Waals surface area contributed by atoms with Gasteiger partial charge in [0.1, 0.15) is 0 Å². The summed E-state index contributed by atoms with van der Waals surface area (Å²) in [5, 5.41) is 4.77. The van der Waals surface area contributed by atoms with Gasteiger partial charge in [0.05, 0.1) is 27.8 Å². The lowest BCUT2D eigenvalue weighted by molar-refractivity contribution is 1.07. The van der Waals surface area contributed by atoms with Gasteiger partial charge in [-0.05, 0) is 75.8 Å². The summed E-state index contributed by atoms with van der Waals surface area (Å²) in [6.07, 6.45) is 0. The Balaban J connectivity index is 1.07. The Morgan fingerprint density at radius 2 is 0.647 bits per heavy atom. The van der Waals surface area contributed by atoms with Crippen molar-refractivity contribution in [2.75, 3.05) is 0 Å². The second kappa shape index (κ2) is 16.4. The van der Waals surface area contributed by atoms with Crippen LogP contribution in [0.25, 0.3) is 123 Å². The van der Waals surface area contributed by atoms with Crippen LogP contribution >= 0.6 is 0 Å². The second-order valence-electron chi connectivity index (χ2n) is 17.2. The molecule has 3 aromatic heterocycles. The van der Waals surface area contributed by atoms with Crippen molar-refractivity contribution in [3.8, 4) is 78.9 Å². The smallest absolute Gasteiger partial charge is 0.164 e. The summed E-state index contributed by atoms with van der Waals surface area (Å²) in [6, 6.07) is 88.3. The highest BCUT2D eigenvalue weighted by Gasteiger charge is 2.22. The van der Waals surface area contributed by atoms with Gasteiger partial charge in [-0.1, -0.05) is 206 Å². The van der Waals surface area contributed by atoms with Crippen LogP contribution in [0.2, 0.25) is 0 Å². The van der Waals surface area contributed by atoms with Crippen LogP contribution in [0.1, 0.15) is 0 Å². The van der Waals surface area contributed by atoms with E-state index in [2.05, 4.69) is 234 Å². The lowest BCUT2D eigenvalue weighted by Gasteiger charge is -2.17. The Morgan fingerprint density at radius 3 is 1.28 bits per heavy atom. The SMILES string of the molecule is c1ccc(-c2ccc(-c3nc(-c4ccccc4)nc(-c4cc(-c5ccccc5)cc(-n5c6ccccc6c6cccc(-n7c8ccccc8c8ccc(-c9ccccc9)cc87)c65)c4)n3)cc2)cc1. The molecule has 0 atom stereocenters. The van der Waals surface area contributed by atoms with Crippen LogP contribution in [0.3, 0.4) is 0 Å². The van der Waals surface area contributed by atoms with Gasteiger partial charge in [-0.3, -0.25) is 0 Å². The van der Waals surface area contributed by atoms with E-state index in [0.717, 1.165) is 72.4 Å². The van der Waals surface area contributed by atoms with E-state index < -0.39 is 0 Å². The average molecular weight is 868 g/mol. The predicted molar refractivity (Wildman–Crippen MR) is 281 cm³/mol. The van der Waals surface area contributed by atoms with Gasteiger partial charge in [0.2, 0.25) is 0 Å². The fourth-order valence-corrected chi connectivity index (χ4v) is 9.95. The van der Waals surface area contributed by atoms with Gasteiger partial charge in [-0.15, -0.1) is 0 Å². The highest BCUT2D eigenvalue weighted by atomic mass is 15.1. The molecule has 318 valence electrons. The number of para-hydroxylation sites is 3. The zero-order valence-corrected chi connectivity index (χ0v) is 36.9. The Morgan fingerprint density at radius 1 is 0.235 bits per heavy atom. The van der Waals surface area contributed by atoms with Crippen LogP contribution in [-0.4, -0.2) is 24.1 Å². The molecule has 5 heteroatoms. The first-order valence-corrected chi connectivity index (χ1v) is 23.0. The van der Waals surface area contributed by atoms with Crippen molar-refractivity contribution in [3.05, 3.63) is 249 Å². The van der Waals surface area contributed by atoms with E-state index in [9.17, 15) is 0 Å². The molecule has 10 aromatic carbocycles. The quantitative estimate of drug-likeness (QED) is 0.153. The molecule has 13 rings (SSSR count). The molecule has 68 heavy (non-hydrogen) atoms. The van der Waals surface area contributed by atoms with Crippen molar-refractivity contribution >= 4 is 43.6 Å². The number of hydrogen-bond acceptors (Lipinski definition) is 3. The molecule has 0 N–H and O–H groups in total. The summed E-state index contributed by atoms with van der Waals surface area (Å²) in [5.74, 6) is 1.82. The molecule has 0 amide bonds. The first-order chi connectivity index (χ1) is 33.7. The summed E-state index contributed by atoms with van der Waals surface area (Å²) < 4.78 is 4.91. The van der Waals surface area contributed by atoms with Gasteiger partial charge in [-0.25, -0.2) is 15.0 Å². The molecule has 0 aliphatic heterocycles. The second-order valence-corrected chi connectivity index (χ2v) is 17.2. The molecule has 5 nitrogen and oxygen atoms in total. The Hall–Kier alpha value is -9.19. The fraction of sp³-hybridized carbons (Fsp3) is 0. The molecule has 0 saturated heterocycles. The number of rotatable bonds is 8. The third-order valence-corrected chi connectivity index (χ3v) is 13.2. The molecule has 3 heterocycles. The van der Waals surface area contributed by atoms with E-state index >= 15 is 0 Å². The van der Waals surface area contributed by atoms with Gasteiger partial charge in [0, 0.05) is 43.9 Å². The van der Waals surface area contributed by atoms with E-state index in [1.54, 1.807) is 0 Å². The first-order valence-electron chi connectivity index (χ1n) is 23.0. The normalized spacial score (nSPS) is 11.5. The maximum atomic E-state index is 5.31. The van der Waals surface area contributed by atoms with E-state index in [0.29, 0.717) is 17.5 Å². The van der Waals surface area contributed by atoms with Crippen LogP contribution in [0.4, 0.5) is 0 Å². The number of hydrogen-bond donors (Lipinski definition) is 0.